The van der Waals surface area contributed by atoms with E-state index in [4.69, 9.17) is 9.47 Å². The van der Waals surface area contributed by atoms with Gasteiger partial charge in [-0.05, 0) is 37.8 Å². The van der Waals surface area contributed by atoms with E-state index in [0.29, 0.717) is 36.7 Å². The van der Waals surface area contributed by atoms with Crippen molar-refractivity contribution in [1.29, 1.82) is 0 Å². The van der Waals surface area contributed by atoms with Gasteiger partial charge in [0.15, 0.2) is 11.5 Å². The van der Waals surface area contributed by atoms with Crippen LogP contribution in [0.5, 0.6) is 11.5 Å². The first-order valence-electron chi connectivity index (χ1n) is 8.91. The molecule has 1 fully saturated rings. The minimum Gasteiger partial charge on any atom is -0.493 e. The maximum atomic E-state index is 13.0. The molecule has 1 aromatic carbocycles. The Morgan fingerprint density at radius 3 is 2.67 bits per heavy atom. The van der Waals surface area contributed by atoms with E-state index < -0.39 is 10.0 Å². The molecule has 0 bridgehead atoms. The van der Waals surface area contributed by atoms with Gasteiger partial charge in [0.05, 0.1) is 20.5 Å². The minimum absolute atomic E-state index is 0.0919. The minimum atomic E-state index is -3.23. The molecule has 2 rings (SSSR count). The first-order valence-corrected chi connectivity index (χ1v) is 10.8. The summed E-state index contributed by atoms with van der Waals surface area (Å²) in [5, 5.41) is 0. The highest BCUT2D eigenvalue weighted by molar-refractivity contribution is 7.88. The van der Waals surface area contributed by atoms with E-state index in [-0.39, 0.29) is 11.8 Å². The molecule has 0 unspecified atom stereocenters. The smallest absolute Gasteiger partial charge is 0.254 e. The van der Waals surface area contributed by atoms with Gasteiger partial charge in [-0.15, -0.1) is 0 Å². The lowest BCUT2D eigenvalue weighted by atomic mass is 9.97. The molecule has 1 aliphatic heterocycles. The second kappa shape index (κ2) is 9.23. The van der Waals surface area contributed by atoms with Crippen molar-refractivity contribution in [1.82, 2.24) is 9.62 Å². The number of methoxy groups -OCH3 is 2. The van der Waals surface area contributed by atoms with Gasteiger partial charge in [0.2, 0.25) is 10.0 Å². The third kappa shape index (κ3) is 5.71. The number of carbonyl (C=O) groups is 1. The van der Waals surface area contributed by atoms with Gasteiger partial charge < -0.3 is 14.4 Å². The number of ether oxygens (including phenoxy) is 2. The highest BCUT2D eigenvalue weighted by Gasteiger charge is 2.26. The Labute approximate surface area is 161 Å². The lowest BCUT2D eigenvalue weighted by molar-refractivity contribution is 0.0676. The summed E-state index contributed by atoms with van der Waals surface area (Å²) in [6.07, 6.45) is 6.62. The average Bonchev–Trinajstić information content (AvgIpc) is 2.65. The van der Waals surface area contributed by atoms with Crippen LogP contribution < -0.4 is 14.2 Å². The van der Waals surface area contributed by atoms with E-state index in [2.05, 4.69) is 4.72 Å². The monoisotopic (exact) mass is 396 g/mol. The molecule has 150 valence electrons. The number of benzene rings is 1. The van der Waals surface area contributed by atoms with Crippen LogP contribution in [0.1, 0.15) is 35.7 Å². The summed E-state index contributed by atoms with van der Waals surface area (Å²) < 4.78 is 36.0. The Morgan fingerprint density at radius 2 is 2.07 bits per heavy atom. The molecule has 27 heavy (non-hydrogen) atoms. The van der Waals surface area contributed by atoms with Gasteiger partial charge in [0.1, 0.15) is 0 Å². The number of nitrogens with one attached hydrogen (secondary N) is 1. The van der Waals surface area contributed by atoms with E-state index in [0.717, 1.165) is 24.7 Å². The lowest BCUT2D eigenvalue weighted by Crippen LogP contribution is -2.43. The van der Waals surface area contributed by atoms with E-state index >= 15 is 0 Å². The van der Waals surface area contributed by atoms with Gasteiger partial charge >= 0.3 is 0 Å². The number of piperidine rings is 1. The van der Waals surface area contributed by atoms with E-state index in [9.17, 15) is 13.2 Å². The fraction of sp³-hybridized carbons (Fsp3) is 0.526. The van der Waals surface area contributed by atoms with Crippen molar-refractivity contribution in [3.63, 3.8) is 0 Å². The number of hydrogen-bond acceptors (Lipinski definition) is 5. The van der Waals surface area contributed by atoms with Crippen molar-refractivity contribution in [3.8, 4) is 11.5 Å². The topological polar surface area (TPSA) is 84.9 Å². The van der Waals surface area contributed by atoms with Crippen molar-refractivity contribution < 1.29 is 22.7 Å². The molecule has 1 amide bonds. The number of likely N-dealkylation sites (tertiary alicyclic amines) is 1. The van der Waals surface area contributed by atoms with Crippen LogP contribution >= 0.6 is 0 Å². The number of carbonyl (C=O) groups excluding carboxylic acids is 1. The van der Waals surface area contributed by atoms with Crippen LogP contribution in [0.15, 0.2) is 18.2 Å². The summed E-state index contributed by atoms with van der Waals surface area (Å²) in [5.41, 5.74) is 1.30. The zero-order valence-corrected chi connectivity index (χ0v) is 17.1. The normalized spacial score (nSPS) is 17.9. The van der Waals surface area contributed by atoms with Crippen molar-refractivity contribution in [2.75, 3.05) is 40.1 Å². The Morgan fingerprint density at radius 1 is 1.33 bits per heavy atom. The maximum absolute atomic E-state index is 13.0. The second-order valence-electron chi connectivity index (χ2n) is 6.68. The molecule has 8 heteroatoms. The van der Waals surface area contributed by atoms with E-state index in [1.54, 1.807) is 31.3 Å². The number of nitrogens with zero attached hydrogens (tertiary/aromatic N) is 1. The summed E-state index contributed by atoms with van der Waals surface area (Å²) in [6, 6.07) is 3.48. The average molecular weight is 397 g/mol. The fourth-order valence-corrected chi connectivity index (χ4v) is 3.83. The molecule has 0 radical (unpaired) electrons. The molecule has 1 saturated heterocycles. The fourth-order valence-electron chi connectivity index (χ4n) is 3.29. The van der Waals surface area contributed by atoms with Crippen LogP contribution in [-0.4, -0.2) is 59.3 Å². The van der Waals surface area contributed by atoms with Crippen LogP contribution in [0, 0.1) is 5.92 Å². The van der Waals surface area contributed by atoms with Gasteiger partial charge in [0, 0.05) is 30.8 Å². The standard InChI is InChI=1S/C19H28N2O5S/c1-5-7-15-10-16(11-17(25-2)18(15)26-3)19(22)21-9-6-8-14(13-21)12-20-27(4,23)24/h5,7,10-11,14,20H,6,8-9,12-13H2,1-4H3/b7-5-/t14-/m1/s1. The number of allylic oxidation sites excluding steroid dienone is 1. The van der Waals surface area contributed by atoms with Crippen LogP contribution in [0.2, 0.25) is 0 Å². The molecule has 0 aromatic heterocycles. The van der Waals surface area contributed by atoms with Gasteiger partial charge in [-0.1, -0.05) is 12.2 Å². The van der Waals surface area contributed by atoms with Crippen molar-refractivity contribution >= 4 is 22.0 Å². The first kappa shape index (κ1) is 21.2. The molecule has 0 spiro atoms. The van der Waals surface area contributed by atoms with Crippen LogP contribution in [-0.2, 0) is 10.0 Å². The molecule has 1 aliphatic rings. The third-order valence-electron chi connectivity index (χ3n) is 4.54. The van der Waals surface area contributed by atoms with Crippen LogP contribution in [0.3, 0.4) is 0 Å². The van der Waals surface area contributed by atoms with Crippen LogP contribution in [0.4, 0.5) is 0 Å². The predicted octanol–water partition coefficient (Wildman–Crippen LogP) is 2.14. The molecule has 1 aromatic rings. The van der Waals surface area contributed by atoms with Crippen molar-refractivity contribution in [2.24, 2.45) is 5.92 Å². The van der Waals surface area contributed by atoms with Crippen molar-refractivity contribution in [3.05, 3.63) is 29.3 Å². The highest BCUT2D eigenvalue weighted by atomic mass is 32.2. The third-order valence-corrected chi connectivity index (χ3v) is 5.23. The Kier molecular flexibility index (Phi) is 7.26. The predicted molar refractivity (Wildman–Crippen MR) is 106 cm³/mol. The zero-order chi connectivity index (χ0) is 20.0. The Hall–Kier alpha value is -2.06. The molecule has 1 atom stereocenters. The van der Waals surface area contributed by atoms with Gasteiger partial charge in [-0.3, -0.25) is 4.79 Å². The summed E-state index contributed by atoms with van der Waals surface area (Å²) in [7, 11) is -0.127. The first-order chi connectivity index (χ1) is 12.8. The molecule has 1 heterocycles. The van der Waals surface area contributed by atoms with Gasteiger partial charge in [-0.2, -0.15) is 0 Å². The number of amides is 1. The quantitative estimate of drug-likeness (QED) is 0.763. The Balaban J connectivity index is 2.22. The van der Waals surface area contributed by atoms with E-state index in [1.165, 1.54) is 0 Å². The summed E-state index contributed by atoms with van der Waals surface area (Å²) in [6.45, 7) is 3.42. The molecule has 7 nitrogen and oxygen atoms in total. The lowest BCUT2D eigenvalue weighted by Gasteiger charge is -2.33. The molecule has 1 N–H and O–H groups in total. The summed E-state index contributed by atoms with van der Waals surface area (Å²) in [5.74, 6) is 1.10. The number of hydrogen-bond donors (Lipinski definition) is 1. The Bertz CT molecular complexity index is 805. The van der Waals surface area contributed by atoms with Crippen molar-refractivity contribution in [2.45, 2.75) is 19.8 Å². The largest absolute Gasteiger partial charge is 0.493 e. The molecular weight excluding hydrogens is 368 g/mol. The molecule has 0 saturated carbocycles. The van der Waals surface area contributed by atoms with Crippen LogP contribution in [0.25, 0.3) is 6.08 Å². The highest BCUT2D eigenvalue weighted by Crippen LogP contribution is 2.34. The maximum Gasteiger partial charge on any atom is 0.254 e. The SMILES string of the molecule is C/C=C\c1cc(C(=O)N2CCC[C@H](CNS(C)(=O)=O)C2)cc(OC)c1OC. The summed E-state index contributed by atoms with van der Waals surface area (Å²) in [4.78, 5) is 14.8. The zero-order valence-electron chi connectivity index (χ0n) is 16.3. The summed E-state index contributed by atoms with van der Waals surface area (Å²) >= 11 is 0. The second-order valence-corrected chi connectivity index (χ2v) is 8.51. The molecule has 0 aliphatic carbocycles. The van der Waals surface area contributed by atoms with Gasteiger partial charge in [0.25, 0.3) is 5.91 Å². The van der Waals surface area contributed by atoms with Gasteiger partial charge in [-0.25, -0.2) is 13.1 Å². The van der Waals surface area contributed by atoms with E-state index in [1.807, 2.05) is 19.1 Å². The number of rotatable bonds is 7. The number of sulfonamides is 1. The molecular formula is C19H28N2O5S.